The summed E-state index contributed by atoms with van der Waals surface area (Å²) in [5.74, 6) is 0. The highest BCUT2D eigenvalue weighted by molar-refractivity contribution is 7.86. The molecule has 3 aliphatic rings. The fourth-order valence-electron chi connectivity index (χ4n) is 3.23. The average molecular weight is 317 g/mol. The summed E-state index contributed by atoms with van der Waals surface area (Å²) >= 11 is 0. The van der Waals surface area contributed by atoms with Crippen molar-refractivity contribution in [2.75, 3.05) is 33.4 Å². The lowest BCUT2D eigenvalue weighted by molar-refractivity contribution is 0.174. The van der Waals surface area contributed by atoms with Gasteiger partial charge in [0.05, 0.1) is 12.6 Å². The minimum atomic E-state index is -3.38. The molecule has 3 fully saturated rings. The normalized spacial score (nSPS) is 31.9. The van der Waals surface area contributed by atoms with E-state index in [4.69, 9.17) is 4.74 Å². The van der Waals surface area contributed by atoms with E-state index in [1.807, 2.05) is 0 Å². The first kappa shape index (κ1) is 15.7. The Bertz CT molecular complexity index is 446. The first-order chi connectivity index (χ1) is 10.1. The molecule has 2 saturated heterocycles. The maximum Gasteiger partial charge on any atom is 0.282 e. The van der Waals surface area contributed by atoms with Gasteiger partial charge in [0.1, 0.15) is 0 Å². The zero-order chi connectivity index (χ0) is 14.9. The van der Waals surface area contributed by atoms with Crippen molar-refractivity contribution < 1.29 is 13.2 Å². The lowest BCUT2D eigenvalue weighted by Crippen LogP contribution is -2.54. The minimum absolute atomic E-state index is 0.00559. The molecule has 0 amide bonds. The Morgan fingerprint density at radius 1 is 1.24 bits per heavy atom. The Hall–Kier alpha value is -0.210. The largest absolute Gasteiger partial charge is 0.380 e. The quantitative estimate of drug-likeness (QED) is 0.777. The van der Waals surface area contributed by atoms with Gasteiger partial charge in [0.25, 0.3) is 10.2 Å². The standard InChI is InChI=1S/C14H27N3O3S/c1-16(14-7-9-20-11-14)21(18,19)17-8-3-2-4-13(17)10-15-12-5-6-12/h12-15H,2-11H2,1H3. The smallest absolute Gasteiger partial charge is 0.282 e. The summed E-state index contributed by atoms with van der Waals surface area (Å²) in [4.78, 5) is 0. The molecule has 21 heavy (non-hydrogen) atoms. The molecule has 0 bridgehead atoms. The maximum atomic E-state index is 12.9. The average Bonchev–Trinajstić information content (AvgIpc) is 3.16. The van der Waals surface area contributed by atoms with Crippen molar-refractivity contribution in [3.05, 3.63) is 0 Å². The van der Waals surface area contributed by atoms with E-state index in [0.29, 0.717) is 25.8 Å². The Labute approximate surface area is 128 Å². The van der Waals surface area contributed by atoms with Crippen LogP contribution >= 0.6 is 0 Å². The molecular formula is C14H27N3O3S. The van der Waals surface area contributed by atoms with E-state index in [9.17, 15) is 8.42 Å². The van der Waals surface area contributed by atoms with Crippen LogP contribution in [0.2, 0.25) is 0 Å². The van der Waals surface area contributed by atoms with Gasteiger partial charge in [-0.2, -0.15) is 17.0 Å². The topological polar surface area (TPSA) is 61.9 Å². The van der Waals surface area contributed by atoms with Crippen molar-refractivity contribution in [2.24, 2.45) is 0 Å². The Morgan fingerprint density at radius 2 is 2.05 bits per heavy atom. The van der Waals surface area contributed by atoms with Crippen LogP contribution in [-0.4, -0.2) is 68.5 Å². The van der Waals surface area contributed by atoms with Gasteiger partial charge in [-0.15, -0.1) is 0 Å². The second-order valence-electron chi connectivity index (χ2n) is 6.48. The van der Waals surface area contributed by atoms with Crippen LogP contribution in [0.5, 0.6) is 0 Å². The van der Waals surface area contributed by atoms with Gasteiger partial charge in [0.15, 0.2) is 0 Å². The number of likely N-dealkylation sites (N-methyl/N-ethyl adjacent to an activating group) is 1. The summed E-state index contributed by atoms with van der Waals surface area (Å²) in [6.45, 7) is 2.63. The predicted molar refractivity (Wildman–Crippen MR) is 81.3 cm³/mol. The van der Waals surface area contributed by atoms with Gasteiger partial charge in [-0.1, -0.05) is 6.42 Å². The number of rotatable bonds is 6. The number of nitrogens with one attached hydrogen (secondary N) is 1. The minimum Gasteiger partial charge on any atom is -0.380 e. The predicted octanol–water partition coefficient (Wildman–Crippen LogP) is 0.558. The van der Waals surface area contributed by atoms with E-state index in [1.165, 1.54) is 17.1 Å². The van der Waals surface area contributed by atoms with Gasteiger partial charge >= 0.3 is 0 Å². The monoisotopic (exact) mass is 317 g/mol. The van der Waals surface area contributed by atoms with Crippen molar-refractivity contribution in [1.82, 2.24) is 13.9 Å². The van der Waals surface area contributed by atoms with Crippen LogP contribution in [0.4, 0.5) is 0 Å². The van der Waals surface area contributed by atoms with E-state index in [0.717, 1.165) is 32.2 Å². The Morgan fingerprint density at radius 3 is 2.71 bits per heavy atom. The van der Waals surface area contributed by atoms with Crippen molar-refractivity contribution in [2.45, 2.75) is 56.7 Å². The van der Waals surface area contributed by atoms with Crippen molar-refractivity contribution in [3.8, 4) is 0 Å². The molecule has 122 valence electrons. The van der Waals surface area contributed by atoms with E-state index in [1.54, 1.807) is 11.4 Å². The van der Waals surface area contributed by atoms with Crippen LogP contribution in [0.15, 0.2) is 0 Å². The summed E-state index contributed by atoms with van der Waals surface area (Å²) in [6, 6.07) is 0.723. The summed E-state index contributed by atoms with van der Waals surface area (Å²) < 4.78 is 34.4. The number of hydrogen-bond acceptors (Lipinski definition) is 4. The summed E-state index contributed by atoms with van der Waals surface area (Å²) in [7, 11) is -1.67. The third-order valence-electron chi connectivity index (χ3n) is 4.87. The molecule has 6 nitrogen and oxygen atoms in total. The molecule has 0 aromatic carbocycles. The molecule has 2 aliphatic heterocycles. The molecule has 1 aliphatic carbocycles. The van der Waals surface area contributed by atoms with Gasteiger partial charge in [0, 0.05) is 38.8 Å². The molecule has 0 aromatic rings. The third-order valence-corrected chi connectivity index (χ3v) is 6.97. The number of nitrogens with zero attached hydrogens (tertiary/aromatic N) is 2. The van der Waals surface area contributed by atoms with Crippen LogP contribution in [0.3, 0.4) is 0 Å². The molecule has 1 saturated carbocycles. The van der Waals surface area contributed by atoms with Crippen LogP contribution in [0, 0.1) is 0 Å². The van der Waals surface area contributed by atoms with E-state index in [2.05, 4.69) is 5.32 Å². The van der Waals surface area contributed by atoms with E-state index >= 15 is 0 Å². The van der Waals surface area contributed by atoms with Crippen LogP contribution in [0.25, 0.3) is 0 Å². The zero-order valence-electron chi connectivity index (χ0n) is 12.8. The van der Waals surface area contributed by atoms with Crippen LogP contribution in [-0.2, 0) is 14.9 Å². The SMILES string of the molecule is CN(C1CCOC1)S(=O)(=O)N1CCCCC1CNC1CC1. The first-order valence-electron chi connectivity index (χ1n) is 8.15. The number of ether oxygens (including phenoxy) is 1. The number of hydrogen-bond donors (Lipinski definition) is 1. The van der Waals surface area contributed by atoms with Crippen LogP contribution < -0.4 is 5.32 Å². The summed E-state index contributed by atoms with van der Waals surface area (Å²) in [6.07, 6.45) is 6.33. The van der Waals surface area contributed by atoms with Gasteiger partial charge in [-0.25, -0.2) is 0 Å². The Balaban J connectivity index is 1.67. The fourth-order valence-corrected chi connectivity index (χ4v) is 5.03. The van der Waals surface area contributed by atoms with Gasteiger partial charge in [0.2, 0.25) is 0 Å². The van der Waals surface area contributed by atoms with Crippen molar-refractivity contribution in [3.63, 3.8) is 0 Å². The first-order valence-corrected chi connectivity index (χ1v) is 9.54. The summed E-state index contributed by atoms with van der Waals surface area (Å²) in [5.41, 5.74) is 0. The Kier molecular flexibility index (Phi) is 4.85. The van der Waals surface area contributed by atoms with Crippen LogP contribution in [0.1, 0.15) is 38.5 Å². The third kappa shape index (κ3) is 3.59. The molecule has 2 atom stereocenters. The number of piperidine rings is 1. The van der Waals surface area contributed by atoms with Gasteiger partial charge < -0.3 is 10.1 Å². The van der Waals surface area contributed by atoms with Crippen molar-refractivity contribution in [1.29, 1.82) is 0 Å². The molecular weight excluding hydrogens is 290 g/mol. The molecule has 7 heteroatoms. The molecule has 0 radical (unpaired) electrons. The highest BCUT2D eigenvalue weighted by atomic mass is 32.2. The lowest BCUT2D eigenvalue weighted by atomic mass is 10.1. The fraction of sp³-hybridized carbons (Fsp3) is 1.00. The second-order valence-corrected chi connectivity index (χ2v) is 8.42. The van der Waals surface area contributed by atoms with Crippen molar-refractivity contribution >= 4 is 10.2 Å². The maximum absolute atomic E-state index is 12.9. The molecule has 2 unspecified atom stereocenters. The van der Waals surface area contributed by atoms with E-state index in [-0.39, 0.29) is 12.1 Å². The molecule has 0 spiro atoms. The highest BCUT2D eigenvalue weighted by Crippen LogP contribution is 2.26. The highest BCUT2D eigenvalue weighted by Gasteiger charge is 2.39. The molecule has 3 rings (SSSR count). The van der Waals surface area contributed by atoms with E-state index < -0.39 is 10.2 Å². The summed E-state index contributed by atoms with van der Waals surface area (Å²) in [5, 5.41) is 3.49. The molecule has 1 N–H and O–H groups in total. The second kappa shape index (κ2) is 6.50. The molecule has 0 aromatic heterocycles. The van der Waals surface area contributed by atoms with Gasteiger partial charge in [-0.3, -0.25) is 0 Å². The zero-order valence-corrected chi connectivity index (χ0v) is 13.6. The van der Waals surface area contributed by atoms with Gasteiger partial charge in [-0.05, 0) is 32.1 Å². The molecule has 2 heterocycles. The lowest BCUT2D eigenvalue weighted by Gasteiger charge is -2.38.